The summed E-state index contributed by atoms with van der Waals surface area (Å²) in [7, 11) is 3.60. The summed E-state index contributed by atoms with van der Waals surface area (Å²) < 4.78 is 1.96. The number of halogens is 1. The first kappa shape index (κ1) is 27.0. The van der Waals surface area contributed by atoms with Crippen LogP contribution in [0.2, 0.25) is 0 Å². The third-order valence-electron chi connectivity index (χ3n) is 6.09. The second-order valence-corrected chi connectivity index (χ2v) is 8.15. The number of aliphatic imine (C=N–C) groups is 1. The van der Waals surface area contributed by atoms with Gasteiger partial charge in [0, 0.05) is 38.8 Å². The van der Waals surface area contributed by atoms with Crippen LogP contribution in [0.4, 0.5) is 0 Å². The van der Waals surface area contributed by atoms with E-state index in [1.807, 2.05) is 42.8 Å². The second kappa shape index (κ2) is 13.5. The minimum Gasteiger partial charge on any atom is -0.356 e. The van der Waals surface area contributed by atoms with Crippen LogP contribution in [0.15, 0.2) is 29.3 Å². The van der Waals surface area contributed by atoms with Crippen LogP contribution in [0.3, 0.4) is 0 Å². The normalized spacial score (nSPS) is 16.4. The predicted molar refractivity (Wildman–Crippen MR) is 142 cm³/mol. The molecular weight excluding hydrogens is 531 g/mol. The number of aryl methyl sites for hydroxylation is 1. The summed E-state index contributed by atoms with van der Waals surface area (Å²) in [6.45, 7) is 8.43. The SMILES string of the molecule is CCN1CCCC1CNC(=NCc1nnc(C)n1C)NCCc1cccc(C(=O)NC)c1.I. The monoisotopic (exact) mass is 568 g/mol. The van der Waals surface area contributed by atoms with E-state index in [4.69, 9.17) is 4.99 Å². The number of likely N-dealkylation sites (tertiary alicyclic amines) is 1. The van der Waals surface area contributed by atoms with Gasteiger partial charge in [-0.3, -0.25) is 9.69 Å². The Hall–Kier alpha value is -2.21. The van der Waals surface area contributed by atoms with E-state index in [0.29, 0.717) is 24.7 Å². The Morgan fingerprint density at radius 2 is 2.09 bits per heavy atom. The highest BCUT2D eigenvalue weighted by Crippen LogP contribution is 2.15. The Kier molecular flexibility index (Phi) is 11.0. The largest absolute Gasteiger partial charge is 0.356 e. The number of amides is 1. The summed E-state index contributed by atoms with van der Waals surface area (Å²) in [5, 5.41) is 18.0. The zero-order valence-electron chi connectivity index (χ0n) is 20.1. The molecule has 2 heterocycles. The molecule has 1 aliphatic rings. The Morgan fingerprint density at radius 3 is 2.79 bits per heavy atom. The van der Waals surface area contributed by atoms with Crippen LogP contribution in [-0.2, 0) is 20.0 Å². The summed E-state index contributed by atoms with van der Waals surface area (Å²) in [5.74, 6) is 2.41. The number of hydrogen-bond acceptors (Lipinski definition) is 5. The molecule has 1 aromatic heterocycles. The third-order valence-corrected chi connectivity index (χ3v) is 6.09. The molecule has 1 saturated heterocycles. The zero-order chi connectivity index (χ0) is 22.9. The molecule has 1 aliphatic heterocycles. The van der Waals surface area contributed by atoms with Crippen LogP contribution in [0.25, 0.3) is 0 Å². The Balaban J connectivity index is 0.00000385. The number of nitrogens with one attached hydrogen (secondary N) is 3. The van der Waals surface area contributed by atoms with Crippen molar-refractivity contribution < 1.29 is 4.79 Å². The molecular formula is C23H37IN8O. The van der Waals surface area contributed by atoms with Crippen LogP contribution in [0.5, 0.6) is 0 Å². The third kappa shape index (κ3) is 7.66. The van der Waals surface area contributed by atoms with Crippen molar-refractivity contribution in [2.75, 3.05) is 33.2 Å². The van der Waals surface area contributed by atoms with Crippen molar-refractivity contribution in [1.29, 1.82) is 0 Å². The molecule has 2 aromatic rings. The van der Waals surface area contributed by atoms with Crippen molar-refractivity contribution in [2.45, 2.75) is 45.7 Å². The maximum Gasteiger partial charge on any atom is 0.251 e. The number of guanidine groups is 1. The van der Waals surface area contributed by atoms with Gasteiger partial charge in [0.2, 0.25) is 0 Å². The van der Waals surface area contributed by atoms with Gasteiger partial charge in [0.1, 0.15) is 12.4 Å². The van der Waals surface area contributed by atoms with Gasteiger partial charge in [0.15, 0.2) is 11.8 Å². The maximum absolute atomic E-state index is 11.9. The fraction of sp³-hybridized carbons (Fsp3) is 0.565. The Morgan fingerprint density at radius 1 is 1.27 bits per heavy atom. The van der Waals surface area contributed by atoms with Crippen molar-refractivity contribution in [3.8, 4) is 0 Å². The molecule has 1 unspecified atom stereocenters. The molecule has 0 spiro atoms. The van der Waals surface area contributed by atoms with Crippen molar-refractivity contribution in [3.63, 3.8) is 0 Å². The molecule has 0 radical (unpaired) electrons. The van der Waals surface area contributed by atoms with E-state index in [-0.39, 0.29) is 29.9 Å². The van der Waals surface area contributed by atoms with E-state index in [9.17, 15) is 4.79 Å². The number of carbonyl (C=O) groups excluding carboxylic acids is 1. The molecule has 0 aliphatic carbocycles. The fourth-order valence-corrected chi connectivity index (χ4v) is 4.01. The first-order valence-corrected chi connectivity index (χ1v) is 11.4. The van der Waals surface area contributed by atoms with Gasteiger partial charge in [-0.05, 0) is 57.0 Å². The van der Waals surface area contributed by atoms with Gasteiger partial charge in [0.05, 0.1) is 0 Å². The number of rotatable bonds is 9. The summed E-state index contributed by atoms with van der Waals surface area (Å²) in [6.07, 6.45) is 3.25. The van der Waals surface area contributed by atoms with Crippen molar-refractivity contribution >= 4 is 35.8 Å². The summed E-state index contributed by atoms with van der Waals surface area (Å²) in [4.78, 5) is 19.2. The van der Waals surface area contributed by atoms with Gasteiger partial charge in [-0.25, -0.2) is 4.99 Å². The fourth-order valence-electron chi connectivity index (χ4n) is 4.01. The van der Waals surface area contributed by atoms with Crippen molar-refractivity contribution in [1.82, 2.24) is 35.6 Å². The molecule has 1 amide bonds. The first-order valence-electron chi connectivity index (χ1n) is 11.4. The first-order chi connectivity index (χ1) is 15.5. The van der Waals surface area contributed by atoms with Gasteiger partial charge in [-0.15, -0.1) is 34.2 Å². The van der Waals surface area contributed by atoms with Crippen molar-refractivity contribution in [2.24, 2.45) is 12.0 Å². The van der Waals surface area contributed by atoms with Crippen LogP contribution in [-0.4, -0.2) is 70.8 Å². The van der Waals surface area contributed by atoms with E-state index in [0.717, 1.165) is 42.7 Å². The lowest BCUT2D eigenvalue weighted by Crippen LogP contribution is -2.45. The predicted octanol–water partition coefficient (Wildman–Crippen LogP) is 1.86. The maximum atomic E-state index is 11.9. The summed E-state index contributed by atoms with van der Waals surface area (Å²) >= 11 is 0. The Bertz CT molecular complexity index is 929. The Labute approximate surface area is 213 Å². The topological polar surface area (TPSA) is 99.5 Å². The standard InChI is InChI=1S/C23H36N8O.HI/c1-5-31-13-7-10-20(31)15-26-23(27-16-21-29-28-17(2)30(21)4)25-12-11-18-8-6-9-19(14-18)22(32)24-3;/h6,8-9,14,20H,5,7,10-13,15-16H2,1-4H3,(H,24,32)(H2,25,26,27);1H. The molecule has 1 fully saturated rings. The highest BCUT2D eigenvalue weighted by molar-refractivity contribution is 14.0. The molecule has 33 heavy (non-hydrogen) atoms. The highest BCUT2D eigenvalue weighted by atomic mass is 127. The number of benzene rings is 1. The molecule has 3 rings (SSSR count). The summed E-state index contributed by atoms with van der Waals surface area (Å²) in [6, 6.07) is 8.26. The average Bonchev–Trinajstić information content (AvgIpc) is 3.41. The number of carbonyl (C=O) groups is 1. The van der Waals surface area contributed by atoms with Gasteiger partial charge in [-0.2, -0.15) is 0 Å². The quantitative estimate of drug-likeness (QED) is 0.243. The second-order valence-electron chi connectivity index (χ2n) is 8.15. The molecule has 182 valence electrons. The molecule has 1 aromatic carbocycles. The minimum absolute atomic E-state index is 0. The van der Waals surface area contributed by atoms with Gasteiger partial charge in [0.25, 0.3) is 5.91 Å². The molecule has 3 N–H and O–H groups in total. The lowest BCUT2D eigenvalue weighted by Gasteiger charge is -2.24. The van der Waals surface area contributed by atoms with Crippen LogP contribution >= 0.6 is 24.0 Å². The molecule has 1 atom stereocenters. The van der Waals surface area contributed by atoms with E-state index < -0.39 is 0 Å². The van der Waals surface area contributed by atoms with E-state index in [1.165, 1.54) is 19.4 Å². The lowest BCUT2D eigenvalue weighted by molar-refractivity contribution is 0.0963. The van der Waals surface area contributed by atoms with Crippen LogP contribution < -0.4 is 16.0 Å². The number of nitrogens with zero attached hydrogens (tertiary/aromatic N) is 5. The van der Waals surface area contributed by atoms with E-state index in [1.54, 1.807) is 7.05 Å². The highest BCUT2D eigenvalue weighted by Gasteiger charge is 2.22. The van der Waals surface area contributed by atoms with Crippen LogP contribution in [0.1, 0.15) is 47.3 Å². The number of aromatic nitrogens is 3. The number of likely N-dealkylation sites (N-methyl/N-ethyl adjacent to an activating group) is 1. The minimum atomic E-state index is -0.0697. The lowest BCUT2D eigenvalue weighted by atomic mass is 10.1. The van der Waals surface area contributed by atoms with Gasteiger partial charge in [-0.1, -0.05) is 19.1 Å². The molecule has 10 heteroatoms. The zero-order valence-corrected chi connectivity index (χ0v) is 22.4. The van der Waals surface area contributed by atoms with Crippen molar-refractivity contribution in [3.05, 3.63) is 47.0 Å². The smallest absolute Gasteiger partial charge is 0.251 e. The van der Waals surface area contributed by atoms with Gasteiger partial charge >= 0.3 is 0 Å². The summed E-state index contributed by atoms with van der Waals surface area (Å²) in [5.41, 5.74) is 1.78. The number of hydrogen-bond donors (Lipinski definition) is 3. The van der Waals surface area contributed by atoms with Gasteiger partial charge < -0.3 is 20.5 Å². The molecule has 0 bridgehead atoms. The van der Waals surface area contributed by atoms with E-state index >= 15 is 0 Å². The van der Waals surface area contributed by atoms with E-state index in [2.05, 4.69) is 38.0 Å². The molecule has 9 nitrogen and oxygen atoms in total. The van der Waals surface area contributed by atoms with Crippen LogP contribution in [0, 0.1) is 6.92 Å². The average molecular weight is 569 g/mol. The molecule has 0 saturated carbocycles.